The summed E-state index contributed by atoms with van der Waals surface area (Å²) >= 11 is 1.46. The number of amides is 2. The number of urea groups is 1. The molecule has 0 saturated carbocycles. The summed E-state index contributed by atoms with van der Waals surface area (Å²) in [5.74, 6) is 0. The highest BCUT2D eigenvalue weighted by atomic mass is 32.1. The third-order valence-electron chi connectivity index (χ3n) is 5.26. The molecule has 1 aromatic heterocycles. The number of hydrogen-bond acceptors (Lipinski definition) is 5. The number of nitrogens with one attached hydrogen (secondary N) is 2. The van der Waals surface area contributed by atoms with E-state index in [1.807, 2.05) is 30.3 Å². The zero-order chi connectivity index (χ0) is 20.8. The summed E-state index contributed by atoms with van der Waals surface area (Å²) in [6.07, 6.45) is 1.79. The highest BCUT2D eigenvalue weighted by Crippen LogP contribution is 2.28. The number of likely N-dealkylation sites (N-methyl/N-ethyl adjacent to an activating group) is 1. The van der Waals surface area contributed by atoms with E-state index in [0.717, 1.165) is 48.7 Å². The number of benzene rings is 2. The van der Waals surface area contributed by atoms with Gasteiger partial charge in [0.1, 0.15) is 0 Å². The Balaban J connectivity index is 1.23. The zero-order valence-electron chi connectivity index (χ0n) is 17.2. The molecule has 7 heteroatoms. The molecular formula is C23H27N5OS. The maximum Gasteiger partial charge on any atom is 0.321 e. The van der Waals surface area contributed by atoms with Gasteiger partial charge >= 0.3 is 6.03 Å². The van der Waals surface area contributed by atoms with Crippen LogP contribution in [0.15, 0.2) is 60.8 Å². The van der Waals surface area contributed by atoms with Gasteiger partial charge < -0.3 is 10.2 Å². The Hall–Kier alpha value is -2.74. The van der Waals surface area contributed by atoms with E-state index in [4.69, 9.17) is 0 Å². The molecule has 2 aromatic carbocycles. The maximum atomic E-state index is 12.2. The quantitative estimate of drug-likeness (QED) is 0.634. The smallest absolute Gasteiger partial charge is 0.321 e. The van der Waals surface area contributed by atoms with Gasteiger partial charge in [-0.2, -0.15) is 0 Å². The first-order chi connectivity index (χ1) is 14.7. The summed E-state index contributed by atoms with van der Waals surface area (Å²) < 4.78 is 0. The van der Waals surface area contributed by atoms with Gasteiger partial charge in [0.2, 0.25) is 0 Å². The van der Waals surface area contributed by atoms with Crippen LogP contribution in [0.25, 0.3) is 10.4 Å². The highest BCUT2D eigenvalue weighted by molar-refractivity contribution is 7.19. The van der Waals surface area contributed by atoms with Gasteiger partial charge in [-0.05, 0) is 23.7 Å². The number of nitrogens with zero attached hydrogens (tertiary/aromatic N) is 3. The third-order valence-corrected chi connectivity index (χ3v) is 6.22. The number of aromatic nitrogens is 1. The van der Waals surface area contributed by atoms with Crippen LogP contribution in [-0.2, 0) is 13.1 Å². The van der Waals surface area contributed by atoms with E-state index in [1.165, 1.54) is 16.9 Å². The number of carbonyl (C=O) groups excluding carboxylic acids is 1. The molecule has 30 heavy (non-hydrogen) atoms. The van der Waals surface area contributed by atoms with E-state index in [1.54, 1.807) is 6.20 Å². The molecule has 1 aliphatic rings. The second-order valence-corrected chi connectivity index (χ2v) is 8.63. The number of hydrogen-bond donors (Lipinski definition) is 2. The molecule has 156 valence electrons. The first kappa shape index (κ1) is 20.5. The second kappa shape index (κ2) is 9.84. The van der Waals surface area contributed by atoms with Crippen molar-refractivity contribution in [1.82, 2.24) is 20.1 Å². The Labute approximate surface area is 181 Å². The number of piperazine rings is 1. The molecule has 3 aromatic rings. The van der Waals surface area contributed by atoms with Crippen molar-refractivity contribution in [2.75, 3.05) is 38.5 Å². The van der Waals surface area contributed by atoms with Gasteiger partial charge in [0.05, 0.1) is 4.88 Å². The van der Waals surface area contributed by atoms with Crippen molar-refractivity contribution in [3.05, 3.63) is 71.9 Å². The molecule has 1 fully saturated rings. The molecular weight excluding hydrogens is 394 g/mol. The lowest BCUT2D eigenvalue weighted by atomic mass is 10.1. The molecule has 0 radical (unpaired) electrons. The summed E-state index contributed by atoms with van der Waals surface area (Å²) in [6.45, 7) is 5.95. The van der Waals surface area contributed by atoms with Crippen LogP contribution in [0.1, 0.15) is 11.1 Å². The largest absolute Gasteiger partial charge is 0.334 e. The van der Waals surface area contributed by atoms with Crippen LogP contribution in [0.3, 0.4) is 0 Å². The molecule has 2 heterocycles. The monoisotopic (exact) mass is 421 g/mol. The van der Waals surface area contributed by atoms with Crippen LogP contribution in [0.4, 0.5) is 9.93 Å². The molecule has 0 spiro atoms. The minimum atomic E-state index is -0.245. The maximum absolute atomic E-state index is 12.2. The van der Waals surface area contributed by atoms with E-state index >= 15 is 0 Å². The number of anilines is 1. The van der Waals surface area contributed by atoms with Gasteiger partial charge in [-0.25, -0.2) is 9.78 Å². The van der Waals surface area contributed by atoms with Gasteiger partial charge in [-0.3, -0.25) is 10.2 Å². The van der Waals surface area contributed by atoms with Crippen molar-refractivity contribution in [1.29, 1.82) is 0 Å². The summed E-state index contributed by atoms with van der Waals surface area (Å²) in [5.41, 5.74) is 3.49. The molecule has 1 saturated heterocycles. The number of thiazole rings is 1. The molecule has 0 atom stereocenters. The molecule has 0 unspecified atom stereocenters. The third kappa shape index (κ3) is 5.66. The van der Waals surface area contributed by atoms with Gasteiger partial charge in [0, 0.05) is 45.5 Å². The van der Waals surface area contributed by atoms with Crippen molar-refractivity contribution >= 4 is 22.5 Å². The predicted molar refractivity (Wildman–Crippen MR) is 123 cm³/mol. The predicted octanol–water partition coefficient (Wildman–Crippen LogP) is 3.88. The molecule has 1 aliphatic heterocycles. The van der Waals surface area contributed by atoms with Crippen molar-refractivity contribution in [2.45, 2.75) is 13.1 Å². The fourth-order valence-corrected chi connectivity index (χ4v) is 4.23. The van der Waals surface area contributed by atoms with E-state index < -0.39 is 0 Å². The molecule has 0 aliphatic carbocycles. The normalized spacial score (nSPS) is 15.1. The van der Waals surface area contributed by atoms with Crippen LogP contribution < -0.4 is 10.6 Å². The van der Waals surface area contributed by atoms with Crippen LogP contribution >= 0.6 is 11.3 Å². The number of rotatable bonds is 6. The van der Waals surface area contributed by atoms with Gasteiger partial charge in [-0.1, -0.05) is 65.9 Å². The van der Waals surface area contributed by atoms with E-state index in [0.29, 0.717) is 11.7 Å². The second-order valence-electron chi connectivity index (χ2n) is 7.60. The summed E-state index contributed by atoms with van der Waals surface area (Å²) in [6, 6.07) is 18.3. The number of carbonyl (C=O) groups is 1. The van der Waals surface area contributed by atoms with Gasteiger partial charge in [0.25, 0.3) is 0 Å². The first-order valence-electron chi connectivity index (χ1n) is 10.2. The topological polar surface area (TPSA) is 60.5 Å². The van der Waals surface area contributed by atoms with Gasteiger partial charge in [0.15, 0.2) is 5.13 Å². The van der Waals surface area contributed by atoms with Crippen molar-refractivity contribution in [3.8, 4) is 10.4 Å². The standard InChI is InChI=1S/C23H27N5OS/c1-27-11-13-28(14-12-27)17-19-9-7-18(8-10-19)15-24-22(29)26-23-25-16-21(30-23)20-5-3-2-4-6-20/h2-10,16H,11-15,17H2,1H3,(H2,24,25,26,29). The Morgan fingerprint density at radius 1 is 1.00 bits per heavy atom. The molecule has 2 N–H and O–H groups in total. The van der Waals surface area contributed by atoms with E-state index in [-0.39, 0.29) is 6.03 Å². The molecule has 2 amide bonds. The minimum Gasteiger partial charge on any atom is -0.334 e. The Morgan fingerprint density at radius 2 is 1.70 bits per heavy atom. The summed E-state index contributed by atoms with van der Waals surface area (Å²) in [4.78, 5) is 22.4. The fraction of sp³-hybridized carbons (Fsp3) is 0.304. The lowest BCUT2D eigenvalue weighted by molar-refractivity contribution is 0.148. The van der Waals surface area contributed by atoms with E-state index in [2.05, 4.69) is 56.7 Å². The lowest BCUT2D eigenvalue weighted by Gasteiger charge is -2.32. The van der Waals surface area contributed by atoms with Crippen LogP contribution in [-0.4, -0.2) is 54.0 Å². The SMILES string of the molecule is CN1CCN(Cc2ccc(CNC(=O)Nc3ncc(-c4ccccc4)s3)cc2)CC1. The highest BCUT2D eigenvalue weighted by Gasteiger charge is 2.13. The van der Waals surface area contributed by atoms with Crippen LogP contribution in [0.5, 0.6) is 0 Å². The summed E-state index contributed by atoms with van der Waals surface area (Å²) in [5, 5.41) is 6.31. The average Bonchev–Trinajstić information content (AvgIpc) is 3.24. The van der Waals surface area contributed by atoms with Crippen molar-refractivity contribution in [3.63, 3.8) is 0 Å². The van der Waals surface area contributed by atoms with E-state index in [9.17, 15) is 4.79 Å². The Kier molecular flexibility index (Phi) is 6.74. The molecule has 0 bridgehead atoms. The molecule has 6 nitrogen and oxygen atoms in total. The van der Waals surface area contributed by atoms with Crippen molar-refractivity contribution in [2.24, 2.45) is 0 Å². The fourth-order valence-electron chi connectivity index (χ4n) is 3.42. The summed E-state index contributed by atoms with van der Waals surface area (Å²) in [7, 11) is 2.17. The lowest BCUT2D eigenvalue weighted by Crippen LogP contribution is -2.43. The average molecular weight is 422 g/mol. The molecule has 4 rings (SSSR count). The Bertz CT molecular complexity index is 949. The first-order valence-corrected chi connectivity index (χ1v) is 11.0. The van der Waals surface area contributed by atoms with Crippen LogP contribution in [0, 0.1) is 0 Å². The van der Waals surface area contributed by atoms with Crippen molar-refractivity contribution < 1.29 is 4.79 Å². The zero-order valence-corrected chi connectivity index (χ0v) is 18.0. The van der Waals surface area contributed by atoms with Crippen LogP contribution in [0.2, 0.25) is 0 Å². The minimum absolute atomic E-state index is 0.245. The van der Waals surface area contributed by atoms with Gasteiger partial charge in [-0.15, -0.1) is 0 Å². The Morgan fingerprint density at radius 3 is 2.43 bits per heavy atom.